The summed E-state index contributed by atoms with van der Waals surface area (Å²) in [5.41, 5.74) is -0.106. The molecule has 0 fully saturated rings. The molecule has 10 nitrogen and oxygen atoms in total. The van der Waals surface area contributed by atoms with Crippen LogP contribution in [0.3, 0.4) is 0 Å². The van der Waals surface area contributed by atoms with Gasteiger partial charge in [-0.1, -0.05) is 11.6 Å². The van der Waals surface area contributed by atoms with Gasteiger partial charge in [0.05, 0.1) is 40.2 Å². The first-order valence-electron chi connectivity index (χ1n) is 8.00. The number of non-ortho nitro benzene ring substituents is 2. The molecule has 0 N–H and O–H groups in total. The number of halogens is 1. The van der Waals surface area contributed by atoms with E-state index in [-0.39, 0.29) is 57.1 Å². The molecule has 0 unspecified atom stereocenters. The van der Waals surface area contributed by atoms with Crippen LogP contribution in [0.2, 0.25) is 5.02 Å². The van der Waals surface area contributed by atoms with Crippen molar-refractivity contribution in [2.75, 3.05) is 26.7 Å². The van der Waals surface area contributed by atoms with E-state index in [0.717, 1.165) is 6.07 Å². The van der Waals surface area contributed by atoms with Gasteiger partial charge in [0, 0.05) is 29.2 Å². The first kappa shape index (κ1) is 32.4. The average Bonchev–Trinajstić information content (AvgIpc) is 2.79. The van der Waals surface area contributed by atoms with E-state index >= 15 is 0 Å². The normalized spacial score (nSPS) is 8.94. The summed E-state index contributed by atoms with van der Waals surface area (Å²) in [6.07, 6.45) is 3.37. The molecule has 32 heavy (non-hydrogen) atoms. The molecule has 168 valence electrons. The van der Waals surface area contributed by atoms with Crippen LogP contribution >= 0.6 is 23.4 Å². The minimum absolute atomic E-state index is 0. The second kappa shape index (κ2) is 16.8. The van der Waals surface area contributed by atoms with Gasteiger partial charge in [0.15, 0.2) is 0 Å². The van der Waals surface area contributed by atoms with Crippen molar-refractivity contribution in [3.05, 3.63) is 72.8 Å². The number of nitrogens with zero attached hydrogens (tertiary/aromatic N) is 2. The Labute approximate surface area is 221 Å². The molecular weight excluding hydrogens is 495 g/mol. The molecule has 0 heterocycles. The van der Waals surface area contributed by atoms with Gasteiger partial charge < -0.3 is 22.1 Å². The van der Waals surface area contributed by atoms with Crippen molar-refractivity contribution in [2.45, 2.75) is 4.90 Å². The Bertz CT molecular complexity index is 963. The van der Waals surface area contributed by atoms with Gasteiger partial charge in [-0.25, -0.2) is 9.59 Å². The molecule has 0 aromatic heterocycles. The molecule has 0 aliphatic heterocycles. The van der Waals surface area contributed by atoms with Crippen molar-refractivity contribution in [3.8, 4) is 0 Å². The molecule has 14 heteroatoms. The van der Waals surface area contributed by atoms with Crippen LogP contribution < -0.4 is 29.6 Å². The molecule has 0 amide bonds. The number of carbonyl (C=O) groups excluding carboxylic acids is 2. The van der Waals surface area contributed by atoms with Gasteiger partial charge in [-0.3, -0.25) is 20.2 Å². The van der Waals surface area contributed by atoms with E-state index in [1.54, 1.807) is 12.5 Å². The molecule has 2 aromatic rings. The van der Waals surface area contributed by atoms with E-state index in [0.29, 0.717) is 4.90 Å². The van der Waals surface area contributed by atoms with E-state index < -0.39 is 21.8 Å². The second-order valence-corrected chi connectivity index (χ2v) is 6.30. The fraction of sp³-hybridized carbons (Fsp3) is 0.222. The van der Waals surface area contributed by atoms with Gasteiger partial charge >= 0.3 is 41.5 Å². The quantitative estimate of drug-likeness (QED) is 0.144. The Morgan fingerprint density at radius 3 is 1.72 bits per heavy atom. The smallest absolute Gasteiger partial charge is 0.796 e. The predicted molar refractivity (Wildman–Crippen MR) is 119 cm³/mol. The maximum Gasteiger partial charge on any atom is 1.00 e. The van der Waals surface area contributed by atoms with E-state index in [9.17, 15) is 29.8 Å². The number of carbonyl (C=O) groups is 2. The van der Waals surface area contributed by atoms with Crippen molar-refractivity contribution >= 4 is 59.3 Å². The van der Waals surface area contributed by atoms with Gasteiger partial charge in [-0.05, 0) is 18.4 Å². The van der Waals surface area contributed by atoms with Crippen molar-refractivity contribution < 1.29 is 58.5 Å². The fourth-order valence-electron chi connectivity index (χ4n) is 1.97. The number of hydrogen-bond acceptors (Lipinski definition) is 10. The molecule has 0 saturated heterocycles. The zero-order chi connectivity index (χ0) is 24.1. The van der Waals surface area contributed by atoms with E-state index in [1.165, 1.54) is 56.3 Å². The molecule has 0 saturated carbocycles. The number of hydrogen-bond donors (Lipinski definition) is 0. The predicted octanol–water partition coefficient (Wildman–Crippen LogP) is 1.31. The third-order valence-electron chi connectivity index (χ3n) is 3.37. The number of methoxy groups -OCH3 is 2. The van der Waals surface area contributed by atoms with Crippen LogP contribution in [-0.4, -0.2) is 48.5 Å². The number of rotatable bonds is 5. The Hall–Kier alpha value is -1.83. The van der Waals surface area contributed by atoms with Crippen molar-refractivity contribution in [1.29, 1.82) is 0 Å². The standard InChI is InChI=1S/C9H9NO4S.C8H6ClNO4.CH4S.Na/c1-14-9(11)7-5-6(10(12)13)3-4-8(7)15-2;1-14-8(11)6-4-5(10(12)13)2-3-7(6)9;1-2;/h3-5H,1-2H3;2-4H,1H3;2H,1H3;/q;;;+1/p-1. The van der Waals surface area contributed by atoms with Crippen LogP contribution in [0.15, 0.2) is 41.3 Å². The Morgan fingerprint density at radius 2 is 1.31 bits per heavy atom. The Kier molecular flexibility index (Phi) is 16.9. The minimum Gasteiger partial charge on any atom is -0.796 e. The van der Waals surface area contributed by atoms with Crippen LogP contribution in [0.1, 0.15) is 20.7 Å². The van der Waals surface area contributed by atoms with Gasteiger partial charge in [0.2, 0.25) is 0 Å². The average molecular weight is 513 g/mol. The summed E-state index contributed by atoms with van der Waals surface area (Å²) >= 11 is 11.1. The molecule has 0 bridgehead atoms. The summed E-state index contributed by atoms with van der Waals surface area (Å²) in [7, 11) is 2.42. The third-order valence-corrected chi connectivity index (χ3v) is 4.49. The zero-order valence-electron chi connectivity index (χ0n) is 17.8. The van der Waals surface area contributed by atoms with Gasteiger partial charge in [0.25, 0.3) is 11.4 Å². The van der Waals surface area contributed by atoms with E-state index in [1.807, 2.05) is 0 Å². The van der Waals surface area contributed by atoms with Crippen LogP contribution in [0, 0.1) is 20.2 Å². The first-order chi connectivity index (χ1) is 14.7. The Balaban J connectivity index is 0. The van der Waals surface area contributed by atoms with Crippen molar-refractivity contribution in [3.63, 3.8) is 0 Å². The number of esters is 2. The molecular formula is C18H18ClN2NaO8S2. The van der Waals surface area contributed by atoms with Crippen LogP contribution in [-0.2, 0) is 22.1 Å². The van der Waals surface area contributed by atoms with Gasteiger partial charge in [-0.2, -0.15) is 6.26 Å². The molecule has 0 spiro atoms. The third kappa shape index (κ3) is 9.76. The summed E-state index contributed by atoms with van der Waals surface area (Å²) in [6.45, 7) is 0. The largest absolute Gasteiger partial charge is 1.00 e. The summed E-state index contributed by atoms with van der Waals surface area (Å²) in [4.78, 5) is 42.8. The summed E-state index contributed by atoms with van der Waals surface area (Å²) < 4.78 is 8.94. The van der Waals surface area contributed by atoms with E-state index in [2.05, 4.69) is 22.1 Å². The number of nitro benzene ring substituents is 2. The molecule has 0 aliphatic carbocycles. The summed E-state index contributed by atoms with van der Waals surface area (Å²) in [6, 6.07) is 7.69. The molecule has 0 atom stereocenters. The number of ether oxygens (including phenoxy) is 2. The van der Waals surface area contributed by atoms with Crippen molar-refractivity contribution in [2.24, 2.45) is 0 Å². The zero-order valence-corrected chi connectivity index (χ0v) is 22.2. The monoisotopic (exact) mass is 512 g/mol. The van der Waals surface area contributed by atoms with Gasteiger partial charge in [0.1, 0.15) is 0 Å². The van der Waals surface area contributed by atoms with Crippen molar-refractivity contribution in [1.82, 2.24) is 0 Å². The maximum atomic E-state index is 11.3. The number of thioether (sulfide) groups is 1. The number of benzene rings is 2. The molecule has 2 rings (SSSR count). The van der Waals surface area contributed by atoms with Crippen LogP contribution in [0.25, 0.3) is 0 Å². The summed E-state index contributed by atoms with van der Waals surface area (Å²) in [5, 5.41) is 21.0. The van der Waals surface area contributed by atoms with Crippen LogP contribution in [0.5, 0.6) is 0 Å². The Morgan fingerprint density at radius 1 is 0.906 bits per heavy atom. The van der Waals surface area contributed by atoms with Gasteiger partial charge in [-0.15, -0.1) is 11.8 Å². The molecule has 2 aromatic carbocycles. The first-order valence-corrected chi connectivity index (χ1v) is 10.4. The van der Waals surface area contributed by atoms with Crippen LogP contribution in [0.4, 0.5) is 11.4 Å². The number of nitro groups is 2. The maximum absolute atomic E-state index is 11.3. The fourth-order valence-corrected chi connectivity index (χ4v) is 2.73. The molecule has 0 aliphatic rings. The minimum atomic E-state index is -0.696. The summed E-state index contributed by atoms with van der Waals surface area (Å²) in [5.74, 6) is -1.26. The second-order valence-electron chi connectivity index (χ2n) is 5.05. The topological polar surface area (TPSA) is 139 Å². The molecule has 0 radical (unpaired) electrons. The SMILES string of the molecule is COC(=O)c1cc([N+](=O)[O-])ccc1Cl.COC(=O)c1cc([N+](=O)[O-])ccc1SC.C[S-].[Na+]. The van der Waals surface area contributed by atoms with E-state index in [4.69, 9.17) is 11.6 Å².